The molecule has 98 valence electrons. The Bertz CT molecular complexity index is 653. The van der Waals surface area contributed by atoms with Gasteiger partial charge >= 0.3 is 5.97 Å². The number of phenolic OH excluding ortho intramolecular Hbond substituents is 1. The van der Waals surface area contributed by atoms with Gasteiger partial charge in [-0.3, -0.25) is 4.79 Å². The van der Waals surface area contributed by atoms with Gasteiger partial charge in [-0.05, 0) is 36.7 Å². The van der Waals surface area contributed by atoms with Gasteiger partial charge < -0.3 is 15.5 Å². The van der Waals surface area contributed by atoms with Crippen LogP contribution in [0.1, 0.15) is 25.7 Å². The molecule has 1 aromatic heterocycles. The van der Waals surface area contributed by atoms with Crippen LogP contribution in [-0.4, -0.2) is 31.7 Å². The predicted octanol–water partition coefficient (Wildman–Crippen LogP) is 1.50. The number of aryl methyl sites for hydroxylation is 1. The largest absolute Gasteiger partial charge is 0.508 e. The summed E-state index contributed by atoms with van der Waals surface area (Å²) in [6.07, 6.45) is 0. The normalized spacial score (nSPS) is 10.2. The van der Waals surface area contributed by atoms with Crippen molar-refractivity contribution in [1.82, 2.24) is 9.59 Å². The highest BCUT2D eigenvalue weighted by molar-refractivity contribution is 7.08. The molecule has 1 heterocycles. The zero-order chi connectivity index (χ0) is 14.0. The average molecular weight is 279 g/mol. The second-order valence-electron chi connectivity index (χ2n) is 3.68. The number of carboxylic acids is 1. The van der Waals surface area contributed by atoms with Crippen LogP contribution in [0, 0.1) is 6.92 Å². The standard InChI is InChI=1S/C11H9N3O4S/c1-5-9(19-14-13-5)10(16)12-8-3-2-6(15)4-7(8)11(17)18/h2-4,15H,1H3,(H,12,16)(H,17,18). The smallest absolute Gasteiger partial charge is 0.337 e. The third kappa shape index (κ3) is 2.68. The number of hydrogen-bond donors (Lipinski definition) is 3. The Morgan fingerprint density at radius 1 is 1.37 bits per heavy atom. The lowest BCUT2D eigenvalue weighted by molar-refractivity contribution is 0.0697. The molecule has 0 atom stereocenters. The van der Waals surface area contributed by atoms with E-state index < -0.39 is 11.9 Å². The lowest BCUT2D eigenvalue weighted by Crippen LogP contribution is -2.14. The highest BCUT2D eigenvalue weighted by Gasteiger charge is 2.17. The summed E-state index contributed by atoms with van der Waals surface area (Å²) in [5.74, 6) is -1.92. The molecule has 0 aliphatic heterocycles. The molecule has 0 aliphatic carbocycles. The molecular formula is C11H9N3O4S. The topological polar surface area (TPSA) is 112 Å². The van der Waals surface area contributed by atoms with Crippen molar-refractivity contribution in [3.05, 3.63) is 34.3 Å². The summed E-state index contributed by atoms with van der Waals surface area (Å²) in [7, 11) is 0. The summed E-state index contributed by atoms with van der Waals surface area (Å²) in [6, 6.07) is 3.68. The number of aromatic nitrogens is 2. The van der Waals surface area contributed by atoms with Gasteiger partial charge in [0.05, 0.1) is 16.9 Å². The number of carbonyl (C=O) groups excluding carboxylic acids is 1. The molecule has 0 fully saturated rings. The molecule has 0 bridgehead atoms. The molecule has 8 heteroatoms. The maximum Gasteiger partial charge on any atom is 0.337 e. The lowest BCUT2D eigenvalue weighted by Gasteiger charge is -2.07. The van der Waals surface area contributed by atoms with Crippen LogP contribution < -0.4 is 5.32 Å². The van der Waals surface area contributed by atoms with E-state index in [2.05, 4.69) is 14.9 Å². The first-order valence-electron chi connectivity index (χ1n) is 5.15. The molecule has 0 saturated carbocycles. The second-order valence-corrected chi connectivity index (χ2v) is 4.43. The molecule has 0 saturated heterocycles. The maximum atomic E-state index is 11.9. The molecular weight excluding hydrogens is 270 g/mol. The van der Waals surface area contributed by atoms with Crippen LogP contribution in [-0.2, 0) is 0 Å². The summed E-state index contributed by atoms with van der Waals surface area (Å²) in [6.45, 7) is 1.63. The van der Waals surface area contributed by atoms with E-state index in [1.807, 2.05) is 0 Å². The number of hydrogen-bond acceptors (Lipinski definition) is 6. The van der Waals surface area contributed by atoms with Gasteiger partial charge in [-0.2, -0.15) is 0 Å². The molecule has 19 heavy (non-hydrogen) atoms. The number of anilines is 1. The van der Waals surface area contributed by atoms with Crippen molar-refractivity contribution in [2.45, 2.75) is 6.92 Å². The Balaban J connectivity index is 2.32. The van der Waals surface area contributed by atoms with E-state index in [1.165, 1.54) is 12.1 Å². The van der Waals surface area contributed by atoms with Gasteiger partial charge in [0.2, 0.25) is 0 Å². The number of nitrogens with zero attached hydrogens (tertiary/aromatic N) is 2. The molecule has 2 aromatic rings. The van der Waals surface area contributed by atoms with E-state index >= 15 is 0 Å². The quantitative estimate of drug-likeness (QED) is 0.734. The molecule has 0 unspecified atom stereocenters. The zero-order valence-electron chi connectivity index (χ0n) is 9.75. The van der Waals surface area contributed by atoms with E-state index in [1.54, 1.807) is 6.92 Å². The number of carboxylic acid groups (broad SMARTS) is 1. The predicted molar refractivity (Wildman–Crippen MR) is 67.7 cm³/mol. The minimum atomic E-state index is -1.25. The van der Waals surface area contributed by atoms with Gasteiger partial charge in [-0.25, -0.2) is 4.79 Å². The van der Waals surface area contributed by atoms with Crippen molar-refractivity contribution in [3.63, 3.8) is 0 Å². The van der Waals surface area contributed by atoms with Gasteiger partial charge in [-0.15, -0.1) is 5.10 Å². The fourth-order valence-corrected chi connectivity index (χ4v) is 1.99. The molecule has 0 spiro atoms. The number of nitrogens with one attached hydrogen (secondary N) is 1. The summed E-state index contributed by atoms with van der Waals surface area (Å²) in [5, 5.41) is 24.4. The van der Waals surface area contributed by atoms with E-state index in [9.17, 15) is 14.7 Å². The van der Waals surface area contributed by atoms with Gasteiger partial charge in [0.1, 0.15) is 10.6 Å². The summed E-state index contributed by atoms with van der Waals surface area (Å²) in [5.41, 5.74) is 0.379. The van der Waals surface area contributed by atoms with E-state index in [0.29, 0.717) is 10.6 Å². The Morgan fingerprint density at radius 2 is 2.11 bits per heavy atom. The van der Waals surface area contributed by atoms with Crippen LogP contribution in [0.4, 0.5) is 5.69 Å². The first-order valence-corrected chi connectivity index (χ1v) is 5.93. The highest BCUT2D eigenvalue weighted by Crippen LogP contribution is 2.22. The summed E-state index contributed by atoms with van der Waals surface area (Å²) < 4.78 is 3.63. The van der Waals surface area contributed by atoms with Crippen molar-refractivity contribution in [2.75, 3.05) is 5.32 Å². The third-order valence-corrected chi connectivity index (χ3v) is 3.17. The second kappa shape index (κ2) is 5.02. The minimum absolute atomic E-state index is 0.100. The number of aromatic hydroxyl groups is 1. The Hall–Kier alpha value is -2.48. The van der Waals surface area contributed by atoms with Crippen LogP contribution >= 0.6 is 11.5 Å². The van der Waals surface area contributed by atoms with Crippen molar-refractivity contribution in [3.8, 4) is 5.75 Å². The molecule has 1 amide bonds. The Morgan fingerprint density at radius 3 is 2.68 bits per heavy atom. The van der Waals surface area contributed by atoms with E-state index in [0.717, 1.165) is 17.6 Å². The van der Waals surface area contributed by atoms with Crippen LogP contribution in [0.15, 0.2) is 18.2 Å². The third-order valence-electron chi connectivity index (χ3n) is 2.34. The molecule has 1 aromatic carbocycles. The molecule has 0 radical (unpaired) electrons. The first-order chi connectivity index (χ1) is 8.99. The number of benzene rings is 1. The SMILES string of the molecule is Cc1nnsc1C(=O)Nc1ccc(O)cc1C(=O)O. The number of phenols is 1. The first kappa shape index (κ1) is 13.0. The number of carbonyl (C=O) groups is 2. The van der Waals surface area contributed by atoms with E-state index in [-0.39, 0.29) is 17.0 Å². The van der Waals surface area contributed by atoms with Crippen LogP contribution in [0.2, 0.25) is 0 Å². The monoisotopic (exact) mass is 279 g/mol. The van der Waals surface area contributed by atoms with Gasteiger partial charge in [0, 0.05) is 0 Å². The van der Waals surface area contributed by atoms with Crippen LogP contribution in [0.25, 0.3) is 0 Å². The van der Waals surface area contributed by atoms with Crippen molar-refractivity contribution < 1.29 is 19.8 Å². The maximum absolute atomic E-state index is 11.9. The molecule has 7 nitrogen and oxygen atoms in total. The summed E-state index contributed by atoms with van der Waals surface area (Å²) >= 11 is 0.924. The number of amides is 1. The van der Waals surface area contributed by atoms with Crippen molar-refractivity contribution in [1.29, 1.82) is 0 Å². The van der Waals surface area contributed by atoms with Gasteiger partial charge in [-0.1, -0.05) is 4.49 Å². The Kier molecular flexibility index (Phi) is 3.43. The number of aromatic carboxylic acids is 1. The highest BCUT2D eigenvalue weighted by atomic mass is 32.1. The van der Waals surface area contributed by atoms with Crippen molar-refractivity contribution >= 4 is 29.1 Å². The fraction of sp³-hybridized carbons (Fsp3) is 0.0909. The van der Waals surface area contributed by atoms with E-state index in [4.69, 9.17) is 5.11 Å². The minimum Gasteiger partial charge on any atom is -0.508 e. The Labute approximate surface area is 111 Å². The lowest BCUT2D eigenvalue weighted by atomic mass is 10.1. The van der Waals surface area contributed by atoms with Crippen molar-refractivity contribution in [2.24, 2.45) is 0 Å². The van der Waals surface area contributed by atoms with Crippen LogP contribution in [0.3, 0.4) is 0 Å². The zero-order valence-corrected chi connectivity index (χ0v) is 10.6. The average Bonchev–Trinajstić information content (AvgIpc) is 2.77. The molecule has 2 rings (SSSR count). The van der Waals surface area contributed by atoms with Gasteiger partial charge in [0.15, 0.2) is 0 Å². The van der Waals surface area contributed by atoms with Crippen LogP contribution in [0.5, 0.6) is 5.75 Å². The molecule has 3 N–H and O–H groups in total. The summed E-state index contributed by atoms with van der Waals surface area (Å²) in [4.78, 5) is 23.3. The molecule has 0 aliphatic rings. The van der Waals surface area contributed by atoms with Gasteiger partial charge in [0.25, 0.3) is 5.91 Å². The number of rotatable bonds is 3. The fourth-order valence-electron chi connectivity index (χ4n) is 1.44.